The Labute approximate surface area is 240 Å². The summed E-state index contributed by atoms with van der Waals surface area (Å²) in [6.07, 6.45) is 5.73. The highest BCUT2D eigenvalue weighted by atomic mass is 35.5. The molecule has 9 heteroatoms. The summed E-state index contributed by atoms with van der Waals surface area (Å²) in [5, 5.41) is 3.98. The van der Waals surface area contributed by atoms with E-state index in [1.54, 1.807) is 40.3 Å². The van der Waals surface area contributed by atoms with Crippen LogP contribution in [0.2, 0.25) is 5.02 Å². The highest BCUT2D eigenvalue weighted by Gasteiger charge is 2.60. The Morgan fingerprint density at radius 2 is 1.48 bits per heavy atom. The quantitative estimate of drug-likeness (QED) is 0.466. The Morgan fingerprint density at radius 3 is 2.08 bits per heavy atom. The molecule has 8 nitrogen and oxygen atoms in total. The third-order valence-corrected chi connectivity index (χ3v) is 9.08. The van der Waals surface area contributed by atoms with Gasteiger partial charge in [-0.05, 0) is 97.6 Å². The molecule has 1 N–H and O–H groups in total. The highest BCUT2D eigenvalue weighted by molar-refractivity contribution is 6.30. The van der Waals surface area contributed by atoms with E-state index >= 15 is 0 Å². The van der Waals surface area contributed by atoms with Crippen LogP contribution in [0.25, 0.3) is 0 Å². The van der Waals surface area contributed by atoms with E-state index < -0.39 is 12.2 Å². The lowest BCUT2D eigenvalue weighted by Crippen LogP contribution is -2.59. The lowest BCUT2D eigenvalue weighted by Gasteiger charge is -2.61. The van der Waals surface area contributed by atoms with Gasteiger partial charge in [0.15, 0.2) is 11.5 Å². The maximum Gasteiger partial charge on any atom is 0.414 e. The second-order valence-electron chi connectivity index (χ2n) is 12.3. The Bertz CT molecular complexity index is 1280. The highest BCUT2D eigenvalue weighted by Crippen LogP contribution is 2.65. The van der Waals surface area contributed by atoms with Crippen LogP contribution in [0.4, 0.5) is 9.59 Å². The van der Waals surface area contributed by atoms with E-state index in [1.807, 2.05) is 18.2 Å². The molecular weight excluding hydrogens is 530 g/mol. The predicted octanol–water partition coefficient (Wildman–Crippen LogP) is 5.66. The molecule has 0 radical (unpaired) electrons. The zero-order chi connectivity index (χ0) is 28.7. The second kappa shape index (κ2) is 11.0. The molecule has 4 aliphatic carbocycles. The molecule has 2 aromatic carbocycles. The molecule has 214 valence electrons. The molecular formula is C31H38ClN3O5. The monoisotopic (exact) mass is 567 g/mol. The van der Waals surface area contributed by atoms with E-state index in [1.165, 1.54) is 21.8 Å². The minimum Gasteiger partial charge on any atom is -0.406 e. The maximum atomic E-state index is 13.8. The van der Waals surface area contributed by atoms with Crippen LogP contribution < -0.4 is 14.8 Å². The van der Waals surface area contributed by atoms with Crippen LogP contribution in [-0.4, -0.2) is 62.6 Å². The fourth-order valence-corrected chi connectivity index (χ4v) is 7.55. The molecule has 0 saturated heterocycles. The summed E-state index contributed by atoms with van der Waals surface area (Å²) in [6.45, 7) is 0.460. The number of carbonyl (C=O) groups is 3. The third-order valence-electron chi connectivity index (χ3n) is 8.83. The van der Waals surface area contributed by atoms with E-state index in [9.17, 15) is 14.4 Å². The van der Waals surface area contributed by atoms with Crippen molar-refractivity contribution in [2.24, 2.45) is 17.3 Å². The number of benzene rings is 2. The van der Waals surface area contributed by atoms with Gasteiger partial charge in [-0.1, -0.05) is 29.8 Å². The summed E-state index contributed by atoms with van der Waals surface area (Å²) in [5.74, 6) is 1.62. The van der Waals surface area contributed by atoms with Crippen molar-refractivity contribution >= 4 is 29.7 Å². The maximum absolute atomic E-state index is 13.8. The van der Waals surface area contributed by atoms with Gasteiger partial charge in [0.25, 0.3) is 0 Å². The lowest BCUT2D eigenvalue weighted by atomic mass is 9.42. The van der Waals surface area contributed by atoms with E-state index in [-0.39, 0.29) is 28.2 Å². The van der Waals surface area contributed by atoms with Crippen molar-refractivity contribution in [2.75, 3.05) is 34.7 Å². The largest absolute Gasteiger partial charge is 0.414 e. The Balaban J connectivity index is 1.27. The van der Waals surface area contributed by atoms with Crippen molar-refractivity contribution in [1.82, 2.24) is 15.1 Å². The second-order valence-corrected chi connectivity index (χ2v) is 12.8. The van der Waals surface area contributed by atoms with E-state index in [4.69, 9.17) is 21.1 Å². The first-order chi connectivity index (χ1) is 19.0. The minimum absolute atomic E-state index is 0.0526. The number of hydrogen-bond acceptors (Lipinski definition) is 5. The van der Waals surface area contributed by atoms with E-state index in [0.29, 0.717) is 24.8 Å². The Hall–Kier alpha value is -3.26. The van der Waals surface area contributed by atoms with Gasteiger partial charge in [0, 0.05) is 39.8 Å². The van der Waals surface area contributed by atoms with Crippen LogP contribution in [0, 0.1) is 17.3 Å². The van der Waals surface area contributed by atoms with E-state index in [0.717, 1.165) is 42.7 Å². The topological polar surface area (TPSA) is 88.2 Å². The molecule has 2 aromatic rings. The summed E-state index contributed by atoms with van der Waals surface area (Å²) in [7, 11) is 6.31. The van der Waals surface area contributed by atoms with E-state index in [2.05, 4.69) is 17.4 Å². The van der Waals surface area contributed by atoms with Crippen molar-refractivity contribution in [2.45, 2.75) is 50.4 Å². The standard InChI is InChI=1S/C31H38ClN3O5/c1-34(2)28(37)39-25-10-5-20(14-26(25)40-29(38)35(3)4)11-12-33-27(36)31-17-21-13-22(18-31)16-30(15-21,19-31)23-6-8-24(32)9-7-23/h5-10,14,21-22H,11-13,15-19H2,1-4H3,(H,33,36). The lowest BCUT2D eigenvalue weighted by molar-refractivity contribution is -0.149. The smallest absolute Gasteiger partial charge is 0.406 e. The number of nitrogens with zero attached hydrogens (tertiary/aromatic N) is 2. The first-order valence-corrected chi connectivity index (χ1v) is 14.3. The van der Waals surface area contributed by atoms with Gasteiger partial charge < -0.3 is 24.6 Å². The molecule has 0 aromatic heterocycles. The van der Waals surface area contributed by atoms with Gasteiger partial charge >= 0.3 is 12.2 Å². The number of halogens is 1. The summed E-state index contributed by atoms with van der Waals surface area (Å²) < 4.78 is 10.9. The van der Waals surface area contributed by atoms with Crippen molar-refractivity contribution in [1.29, 1.82) is 0 Å². The zero-order valence-electron chi connectivity index (χ0n) is 23.7. The molecule has 4 bridgehead atoms. The first-order valence-electron chi connectivity index (χ1n) is 13.9. The van der Waals surface area contributed by atoms with Gasteiger partial charge in [0.2, 0.25) is 5.91 Å². The van der Waals surface area contributed by atoms with Crippen LogP contribution in [0.15, 0.2) is 42.5 Å². The van der Waals surface area contributed by atoms with Gasteiger partial charge in [-0.2, -0.15) is 0 Å². The number of amides is 3. The van der Waals surface area contributed by atoms with Crippen molar-refractivity contribution in [3.63, 3.8) is 0 Å². The zero-order valence-corrected chi connectivity index (χ0v) is 24.4. The molecule has 6 rings (SSSR count). The molecule has 4 saturated carbocycles. The predicted molar refractivity (Wildman–Crippen MR) is 153 cm³/mol. The van der Waals surface area contributed by atoms with Crippen molar-refractivity contribution < 1.29 is 23.9 Å². The molecule has 4 fully saturated rings. The number of carbonyl (C=O) groups excluding carboxylic acids is 3. The Morgan fingerprint density at radius 1 is 0.875 bits per heavy atom. The number of rotatable bonds is 7. The summed E-state index contributed by atoms with van der Waals surface area (Å²) in [5.41, 5.74) is 1.89. The number of nitrogens with one attached hydrogen (secondary N) is 1. The molecule has 2 unspecified atom stereocenters. The van der Waals surface area contributed by atoms with Gasteiger partial charge in [-0.15, -0.1) is 0 Å². The normalized spacial score (nSPS) is 26.2. The molecule has 4 aliphatic rings. The molecule has 2 atom stereocenters. The van der Waals surface area contributed by atoms with Gasteiger partial charge in [0.1, 0.15) is 0 Å². The molecule has 0 aliphatic heterocycles. The van der Waals surface area contributed by atoms with Crippen LogP contribution in [0.3, 0.4) is 0 Å². The van der Waals surface area contributed by atoms with Gasteiger partial charge in [-0.3, -0.25) is 4.79 Å². The summed E-state index contributed by atoms with van der Waals surface area (Å²) >= 11 is 6.18. The van der Waals surface area contributed by atoms with Crippen LogP contribution in [0.5, 0.6) is 11.5 Å². The van der Waals surface area contributed by atoms with Gasteiger partial charge in [0.05, 0.1) is 5.41 Å². The Kier molecular flexibility index (Phi) is 7.75. The molecule has 40 heavy (non-hydrogen) atoms. The molecule has 3 amide bonds. The first kappa shape index (κ1) is 28.3. The van der Waals surface area contributed by atoms with Crippen molar-refractivity contribution in [3.8, 4) is 11.5 Å². The SMILES string of the molecule is CN(C)C(=O)Oc1ccc(CCNC(=O)C23CC4CC(C2)CC(c2ccc(Cl)cc2)(C4)C3)cc1OC(=O)N(C)C. The fourth-order valence-electron chi connectivity index (χ4n) is 7.42. The van der Waals surface area contributed by atoms with Gasteiger partial charge in [-0.25, -0.2) is 9.59 Å². The average molecular weight is 568 g/mol. The van der Waals surface area contributed by atoms with Crippen molar-refractivity contribution in [3.05, 3.63) is 58.6 Å². The number of ether oxygens (including phenoxy) is 2. The molecule has 0 heterocycles. The fraction of sp³-hybridized carbons (Fsp3) is 0.516. The molecule has 0 spiro atoms. The average Bonchev–Trinajstić information content (AvgIpc) is 2.89. The third kappa shape index (κ3) is 5.64. The van der Waals surface area contributed by atoms with Crippen LogP contribution in [0.1, 0.15) is 49.7 Å². The minimum atomic E-state index is -0.580. The van der Waals surface area contributed by atoms with Crippen LogP contribution >= 0.6 is 11.6 Å². The number of hydrogen-bond donors (Lipinski definition) is 1. The summed E-state index contributed by atoms with van der Waals surface area (Å²) in [6, 6.07) is 13.4. The summed E-state index contributed by atoms with van der Waals surface area (Å²) in [4.78, 5) is 40.7. The van der Waals surface area contributed by atoms with Crippen LogP contribution in [-0.2, 0) is 16.6 Å².